The van der Waals surface area contributed by atoms with Crippen LogP contribution >= 0.6 is 0 Å². The Hall–Kier alpha value is -3.28. The van der Waals surface area contributed by atoms with E-state index in [-0.39, 0.29) is 12.3 Å². The summed E-state index contributed by atoms with van der Waals surface area (Å²) < 4.78 is 22.1. The summed E-state index contributed by atoms with van der Waals surface area (Å²) in [6.45, 7) is 3.16. The molecule has 0 radical (unpaired) electrons. The molecule has 1 aliphatic heterocycles. The van der Waals surface area contributed by atoms with Crippen LogP contribution in [0.2, 0.25) is 0 Å². The molecule has 4 atom stereocenters. The molecule has 0 saturated carbocycles. The number of aromatic nitrogens is 2. The van der Waals surface area contributed by atoms with Crippen molar-refractivity contribution in [2.24, 2.45) is 5.73 Å². The monoisotopic (exact) mass is 396 g/mol. The molecule has 0 aromatic carbocycles. The maximum absolute atomic E-state index is 12.6. The van der Waals surface area contributed by atoms with Crippen molar-refractivity contribution >= 4 is 23.7 Å². The second-order valence-electron chi connectivity index (χ2n) is 5.92. The van der Waals surface area contributed by atoms with Crippen LogP contribution in [0.25, 0.3) is 0 Å². The molecular formula is C16H20N4O8. The molecule has 1 aliphatic rings. The van der Waals surface area contributed by atoms with Crippen molar-refractivity contribution < 1.29 is 33.3 Å². The first kappa shape index (κ1) is 21.0. The van der Waals surface area contributed by atoms with Crippen molar-refractivity contribution in [1.29, 1.82) is 5.41 Å². The van der Waals surface area contributed by atoms with Crippen LogP contribution in [0.3, 0.4) is 0 Å². The molecule has 1 saturated heterocycles. The van der Waals surface area contributed by atoms with E-state index >= 15 is 0 Å². The summed E-state index contributed by atoms with van der Waals surface area (Å²) in [7, 11) is 0. The first-order valence-corrected chi connectivity index (χ1v) is 8.16. The van der Waals surface area contributed by atoms with Crippen LogP contribution in [0.4, 0.5) is 0 Å². The third kappa shape index (κ3) is 4.71. The molecule has 12 nitrogen and oxygen atoms in total. The largest absolute Gasteiger partial charge is 0.463 e. The standard InChI is InChI=1S/C16H20N4O8/c1-7(21)25-6-10-12(26-8(2)22)13(27-9(3)23)16(28-10)20-5-4-19-11(14(17)18)15(20)24/h4-5,10,12-13,16H,6H2,1-3H3,(H3,17,18)/t10-,12+,13+,16+/m0/s1. The number of hydrogen-bond donors (Lipinski definition) is 2. The molecule has 0 unspecified atom stereocenters. The fraction of sp³-hybridized carbons (Fsp3) is 0.500. The Labute approximate surface area is 159 Å². The van der Waals surface area contributed by atoms with E-state index in [1.54, 1.807) is 0 Å². The van der Waals surface area contributed by atoms with Crippen LogP contribution in [0.1, 0.15) is 32.7 Å². The van der Waals surface area contributed by atoms with Crippen LogP contribution in [0, 0.1) is 5.41 Å². The van der Waals surface area contributed by atoms with Crippen molar-refractivity contribution in [1.82, 2.24) is 9.55 Å². The number of carbonyl (C=O) groups is 3. The smallest absolute Gasteiger partial charge is 0.303 e. The fourth-order valence-corrected chi connectivity index (χ4v) is 2.73. The summed E-state index contributed by atoms with van der Waals surface area (Å²) >= 11 is 0. The second kappa shape index (κ2) is 8.61. The first-order valence-electron chi connectivity index (χ1n) is 8.16. The summed E-state index contributed by atoms with van der Waals surface area (Å²) in [5.41, 5.74) is 4.25. The molecule has 0 spiro atoms. The molecule has 1 aromatic heterocycles. The van der Waals surface area contributed by atoms with Gasteiger partial charge in [0.25, 0.3) is 5.56 Å². The van der Waals surface area contributed by atoms with Crippen LogP contribution in [0.5, 0.6) is 0 Å². The van der Waals surface area contributed by atoms with Crippen LogP contribution < -0.4 is 11.3 Å². The highest BCUT2D eigenvalue weighted by molar-refractivity contribution is 5.92. The fourth-order valence-electron chi connectivity index (χ4n) is 2.73. The second-order valence-corrected chi connectivity index (χ2v) is 5.92. The summed E-state index contributed by atoms with van der Waals surface area (Å²) in [6.07, 6.45) is -2.15. The van der Waals surface area contributed by atoms with Gasteiger partial charge < -0.3 is 24.7 Å². The van der Waals surface area contributed by atoms with Gasteiger partial charge in [-0.1, -0.05) is 0 Å². The van der Waals surface area contributed by atoms with Crippen molar-refractivity contribution in [3.8, 4) is 0 Å². The molecular weight excluding hydrogens is 376 g/mol. The Bertz CT molecular complexity index is 851. The van der Waals surface area contributed by atoms with E-state index in [4.69, 9.17) is 30.1 Å². The zero-order valence-corrected chi connectivity index (χ0v) is 15.4. The lowest BCUT2D eigenvalue weighted by atomic mass is 10.1. The van der Waals surface area contributed by atoms with Crippen LogP contribution in [0.15, 0.2) is 17.2 Å². The van der Waals surface area contributed by atoms with E-state index in [2.05, 4.69) is 4.98 Å². The number of esters is 3. The summed E-state index contributed by atoms with van der Waals surface area (Å²) in [5, 5.41) is 7.44. The zero-order chi connectivity index (χ0) is 21.0. The van der Waals surface area contributed by atoms with Gasteiger partial charge in [-0.05, 0) is 0 Å². The zero-order valence-electron chi connectivity index (χ0n) is 15.4. The van der Waals surface area contributed by atoms with Gasteiger partial charge >= 0.3 is 17.9 Å². The lowest BCUT2D eigenvalue weighted by Crippen LogP contribution is -2.42. The van der Waals surface area contributed by atoms with Gasteiger partial charge in [-0.25, -0.2) is 4.98 Å². The summed E-state index contributed by atoms with van der Waals surface area (Å²) in [6, 6.07) is 0. The highest BCUT2D eigenvalue weighted by atomic mass is 16.7. The molecule has 2 rings (SSSR count). The maximum Gasteiger partial charge on any atom is 0.303 e. The topological polar surface area (TPSA) is 173 Å². The van der Waals surface area contributed by atoms with E-state index in [1.165, 1.54) is 19.3 Å². The minimum absolute atomic E-state index is 0.305. The molecule has 0 amide bonds. The number of amidine groups is 1. The predicted molar refractivity (Wildman–Crippen MR) is 91.2 cm³/mol. The normalized spacial score (nSPS) is 23.7. The van der Waals surface area contributed by atoms with Gasteiger partial charge in [0, 0.05) is 33.2 Å². The lowest BCUT2D eigenvalue weighted by Gasteiger charge is -2.24. The highest BCUT2D eigenvalue weighted by Gasteiger charge is 2.50. The molecule has 1 aromatic rings. The minimum Gasteiger partial charge on any atom is -0.463 e. The third-order valence-corrected chi connectivity index (χ3v) is 3.74. The van der Waals surface area contributed by atoms with E-state index in [1.807, 2.05) is 0 Å². The number of hydrogen-bond acceptors (Lipinski definition) is 10. The van der Waals surface area contributed by atoms with Gasteiger partial charge in [-0.15, -0.1) is 0 Å². The Balaban J connectivity index is 2.48. The molecule has 0 aliphatic carbocycles. The van der Waals surface area contributed by atoms with E-state index in [0.717, 1.165) is 18.4 Å². The first-order chi connectivity index (χ1) is 13.1. The van der Waals surface area contributed by atoms with Gasteiger partial charge in [0.05, 0.1) is 0 Å². The quantitative estimate of drug-likeness (QED) is 0.259. The number of nitrogen functional groups attached to an aromatic ring is 1. The Morgan fingerprint density at radius 1 is 1.18 bits per heavy atom. The van der Waals surface area contributed by atoms with Gasteiger partial charge in [0.2, 0.25) is 0 Å². The van der Waals surface area contributed by atoms with Crippen molar-refractivity contribution in [2.75, 3.05) is 6.61 Å². The van der Waals surface area contributed by atoms with E-state index < -0.39 is 53.8 Å². The summed E-state index contributed by atoms with van der Waals surface area (Å²) in [5.74, 6) is -2.56. The average Bonchev–Trinajstić information content (AvgIpc) is 2.89. The predicted octanol–water partition coefficient (Wildman–Crippen LogP) is -1.15. The van der Waals surface area contributed by atoms with Gasteiger partial charge in [0.1, 0.15) is 18.5 Å². The van der Waals surface area contributed by atoms with Crippen LogP contribution in [-0.2, 0) is 33.3 Å². The molecule has 3 N–H and O–H groups in total. The Morgan fingerprint density at radius 2 is 1.79 bits per heavy atom. The highest BCUT2D eigenvalue weighted by Crippen LogP contribution is 2.33. The molecule has 1 fully saturated rings. The molecule has 12 heteroatoms. The number of ether oxygens (including phenoxy) is 4. The summed E-state index contributed by atoms with van der Waals surface area (Å²) in [4.78, 5) is 50.6. The SMILES string of the molecule is CC(=O)OC[C@@H]1O[C@@H](n2ccnc(C(=N)N)c2=O)[C@H](OC(C)=O)[C@@H]1OC(C)=O. The average molecular weight is 396 g/mol. The Morgan fingerprint density at radius 3 is 2.32 bits per heavy atom. The number of nitrogens with two attached hydrogens (primary N) is 1. The minimum atomic E-state index is -1.23. The number of rotatable bonds is 6. The third-order valence-electron chi connectivity index (χ3n) is 3.74. The van der Waals surface area contributed by atoms with Crippen molar-refractivity contribution in [2.45, 2.75) is 45.3 Å². The molecule has 0 bridgehead atoms. The van der Waals surface area contributed by atoms with Gasteiger partial charge in [-0.2, -0.15) is 0 Å². The Kier molecular flexibility index (Phi) is 6.46. The number of nitrogens with zero attached hydrogens (tertiary/aromatic N) is 2. The maximum atomic E-state index is 12.6. The van der Waals surface area contributed by atoms with Crippen molar-refractivity contribution in [3.63, 3.8) is 0 Å². The number of nitrogens with one attached hydrogen (secondary N) is 1. The molecule has 152 valence electrons. The van der Waals surface area contributed by atoms with E-state index in [0.29, 0.717) is 0 Å². The van der Waals surface area contributed by atoms with Crippen molar-refractivity contribution in [3.05, 3.63) is 28.4 Å². The van der Waals surface area contributed by atoms with Gasteiger partial charge in [-0.3, -0.25) is 29.2 Å². The number of carbonyl (C=O) groups excluding carboxylic acids is 3. The van der Waals surface area contributed by atoms with E-state index in [9.17, 15) is 19.2 Å². The molecule has 2 heterocycles. The molecule has 28 heavy (non-hydrogen) atoms. The van der Waals surface area contributed by atoms with Gasteiger partial charge in [0.15, 0.2) is 24.1 Å². The lowest BCUT2D eigenvalue weighted by molar-refractivity contribution is -0.166. The van der Waals surface area contributed by atoms with Crippen LogP contribution in [-0.4, -0.2) is 58.2 Å².